The van der Waals surface area contributed by atoms with Crippen LogP contribution in [-0.2, 0) is 34.2 Å². The van der Waals surface area contributed by atoms with E-state index < -0.39 is 145 Å². The number of rotatable bonds is 22. The van der Waals surface area contributed by atoms with Gasteiger partial charge in [-0.3, -0.25) is 0 Å². The van der Waals surface area contributed by atoms with Gasteiger partial charge in [0.15, 0.2) is 52.4 Å². The fourth-order valence-electron chi connectivity index (χ4n) is 12.7. The molecule has 27 heteroatoms. The molecule has 0 aliphatic carbocycles. The third kappa shape index (κ3) is 19.8. The minimum absolute atomic E-state index is 0.000538. The summed E-state index contributed by atoms with van der Waals surface area (Å²) in [7, 11) is 0. The maximum atomic E-state index is 15.0. The highest BCUT2D eigenvalue weighted by atomic mass is 19.3. The van der Waals surface area contributed by atoms with Gasteiger partial charge < -0.3 is 23.7 Å². The highest BCUT2D eigenvalue weighted by Crippen LogP contribution is 2.44. The van der Waals surface area contributed by atoms with Crippen LogP contribution in [-0.4, -0.2) is 13.2 Å². The Labute approximate surface area is 617 Å². The van der Waals surface area contributed by atoms with Crippen LogP contribution in [0, 0.1) is 105 Å². The van der Waals surface area contributed by atoms with Crippen LogP contribution in [0.2, 0.25) is 0 Å². The monoisotopic (exact) mass is 1560 g/mol. The number of halogens is 22. The van der Waals surface area contributed by atoms with Crippen molar-refractivity contribution in [1.29, 1.82) is 0 Å². The van der Waals surface area contributed by atoms with Crippen LogP contribution >= 0.6 is 0 Å². The molecule has 2 fully saturated rings. The van der Waals surface area contributed by atoms with Crippen molar-refractivity contribution in [2.24, 2.45) is 11.8 Å². The van der Waals surface area contributed by atoms with Gasteiger partial charge in [0.2, 0.25) is 0 Å². The van der Waals surface area contributed by atoms with Crippen molar-refractivity contribution < 1.29 is 120 Å². The maximum Gasteiger partial charge on any atom is 0.432 e. The fourth-order valence-corrected chi connectivity index (χ4v) is 12.7. The molecule has 4 unspecified atom stereocenters. The molecule has 2 saturated heterocycles. The summed E-state index contributed by atoms with van der Waals surface area (Å²) in [6, 6.07) is 29.6. The number of benzene rings is 10. The first kappa shape index (κ1) is 82.5. The molecule has 0 bridgehead atoms. The summed E-state index contributed by atoms with van der Waals surface area (Å²) in [4.78, 5) is 0. The average Bonchev–Trinajstić information content (AvgIpc) is 0.782. The van der Waals surface area contributed by atoms with Gasteiger partial charge in [-0.05, 0) is 155 Å². The first-order valence-corrected chi connectivity index (χ1v) is 34.6. The second-order valence-corrected chi connectivity index (χ2v) is 26.2. The molecule has 2 aliphatic heterocycles. The Bertz CT molecular complexity index is 4730. The van der Waals surface area contributed by atoms with Gasteiger partial charge in [-0.2, -0.15) is 26.3 Å². The van der Waals surface area contributed by atoms with Crippen LogP contribution in [0.15, 0.2) is 164 Å². The van der Waals surface area contributed by atoms with Crippen molar-refractivity contribution >= 4 is 0 Å². The number of ether oxygens (including phenoxy) is 5. The number of aryl methyl sites for hydroxylation is 1. The van der Waals surface area contributed by atoms with Gasteiger partial charge in [0.05, 0.1) is 25.4 Å². The lowest BCUT2D eigenvalue weighted by molar-refractivity contribution is -0.190. The largest absolute Gasteiger partial charge is 0.432 e. The molecule has 582 valence electrons. The van der Waals surface area contributed by atoms with Crippen LogP contribution in [0.1, 0.15) is 131 Å². The van der Waals surface area contributed by atoms with Gasteiger partial charge in [-0.15, -0.1) is 0 Å². The summed E-state index contributed by atoms with van der Waals surface area (Å²) in [5.41, 5.74) is -1.02. The van der Waals surface area contributed by atoms with Crippen molar-refractivity contribution in [1.82, 2.24) is 0 Å². The summed E-state index contributed by atoms with van der Waals surface area (Å²) in [6.45, 7) is 7.69. The lowest BCUT2D eigenvalue weighted by Gasteiger charge is -2.29. The molecule has 2 heterocycles. The van der Waals surface area contributed by atoms with E-state index in [1.165, 1.54) is 18.2 Å². The van der Waals surface area contributed by atoms with E-state index in [-0.39, 0.29) is 70.9 Å². The van der Waals surface area contributed by atoms with Crippen molar-refractivity contribution in [3.05, 3.63) is 290 Å². The molecule has 0 spiro atoms. The van der Waals surface area contributed by atoms with Gasteiger partial charge in [-0.25, -0.2) is 70.2 Å². The van der Waals surface area contributed by atoms with Gasteiger partial charge in [0.1, 0.15) is 74.7 Å². The van der Waals surface area contributed by atoms with E-state index in [0.717, 1.165) is 92.9 Å². The van der Waals surface area contributed by atoms with Crippen molar-refractivity contribution in [2.45, 2.75) is 122 Å². The lowest BCUT2D eigenvalue weighted by atomic mass is 9.91. The zero-order chi connectivity index (χ0) is 79.7. The Kier molecular flexibility index (Phi) is 26.5. The van der Waals surface area contributed by atoms with Crippen LogP contribution in [0.5, 0.6) is 17.2 Å². The van der Waals surface area contributed by atoms with Crippen LogP contribution in [0.25, 0.3) is 44.5 Å². The molecule has 0 saturated carbocycles. The molecule has 2 aliphatic rings. The minimum Gasteiger partial charge on any atom is -0.429 e. The van der Waals surface area contributed by atoms with E-state index >= 15 is 0 Å². The third-order valence-corrected chi connectivity index (χ3v) is 18.5. The van der Waals surface area contributed by atoms with E-state index in [0.29, 0.717) is 78.1 Å². The average molecular weight is 1560 g/mol. The van der Waals surface area contributed by atoms with E-state index in [1.54, 1.807) is 48.5 Å². The molecule has 12 rings (SSSR count). The lowest BCUT2D eigenvalue weighted by Crippen LogP contribution is -2.25. The highest BCUT2D eigenvalue weighted by molar-refractivity contribution is 5.72. The Morgan fingerprint density at radius 3 is 0.955 bits per heavy atom. The number of unbranched alkanes of at least 4 members (excludes halogenated alkanes) is 2. The Balaban J connectivity index is 0.000000176. The minimum atomic E-state index is -4.74. The van der Waals surface area contributed by atoms with Crippen LogP contribution < -0.4 is 14.2 Å². The summed E-state index contributed by atoms with van der Waals surface area (Å²) in [6.07, 6.45) is -2.92. The zero-order valence-corrected chi connectivity index (χ0v) is 58.4. The number of hydrogen-bond acceptors (Lipinski definition) is 5. The SMILES string of the molecule is CCC1CCC(c2ccc(-c3cc(F)c(C(F)(F)Oc4cc(F)c(F)c(F)c4)c(F)c3)cc2)OC1.CCCC1CCC(c2ccc(-c3cc(F)c(C(F)(F)Oc4cc(F)c(F)c(F)c4)c(F)c3)cc2)OC1.CCCCCc1ccc(-c2ccc(-c3cc(F)c(C(F)(F)Oc4cc(F)c(F)c(F)c4)c(F)c3)c(F)c2)cc1. The molecule has 110 heavy (non-hydrogen) atoms. The number of hydrogen-bond donors (Lipinski definition) is 0. The molecule has 4 atom stereocenters. The van der Waals surface area contributed by atoms with Crippen LogP contribution in [0.3, 0.4) is 0 Å². The van der Waals surface area contributed by atoms with Crippen molar-refractivity contribution in [3.63, 3.8) is 0 Å². The molecule has 10 aromatic carbocycles. The molecule has 0 radical (unpaired) electrons. The molecule has 0 aromatic heterocycles. The molecule has 0 amide bonds. The van der Waals surface area contributed by atoms with Gasteiger partial charge >= 0.3 is 18.3 Å². The first-order chi connectivity index (χ1) is 52.2. The maximum absolute atomic E-state index is 15.0. The normalized spacial score (nSPS) is 16.0. The zero-order valence-electron chi connectivity index (χ0n) is 58.4. The molecular formula is C83H66F22O5. The summed E-state index contributed by atoms with van der Waals surface area (Å²) < 4.78 is 334. The second-order valence-electron chi connectivity index (χ2n) is 26.2. The summed E-state index contributed by atoms with van der Waals surface area (Å²) in [5, 5.41) is 0. The standard InChI is InChI=1S/C30H22F8O.C27H23F7O2.C26H21F7O2/c1-2-3-4-5-17-6-8-18(9-7-17)19-10-11-22(23(31)12-19)20-13-24(32)28(25(33)14-20)30(37,38)39-21-15-26(34)29(36)27(35)16-21;1-2-3-15-4-9-24(35-14-15)17-7-5-16(6-8-17)18-10-20(28)25(21(29)11-18)27(33,34)36-19-12-22(30)26(32)23(31)13-19;1-2-14-3-8-23(34-13-14)16-6-4-15(5-7-16)17-9-19(27)24(20(28)10-17)26(32,33)35-18-11-21(29)25(31)22(30)12-18/h6-16H,2-5H2,1H3;5-8,10-13,15,24H,2-4,9,14H2,1H3;4-7,9-12,14,23H,2-3,8,13H2,1H3. The quantitative estimate of drug-likeness (QED) is 0.0384. The second kappa shape index (κ2) is 35.3. The predicted molar refractivity (Wildman–Crippen MR) is 365 cm³/mol. The van der Waals surface area contributed by atoms with Crippen LogP contribution in [0.4, 0.5) is 96.6 Å². The van der Waals surface area contributed by atoms with Gasteiger partial charge in [0, 0.05) is 42.0 Å². The smallest absolute Gasteiger partial charge is 0.429 e. The Morgan fingerprint density at radius 1 is 0.318 bits per heavy atom. The third-order valence-electron chi connectivity index (χ3n) is 18.5. The van der Waals surface area contributed by atoms with Crippen molar-refractivity contribution in [2.75, 3.05) is 13.2 Å². The van der Waals surface area contributed by atoms with Crippen molar-refractivity contribution in [3.8, 4) is 61.8 Å². The topological polar surface area (TPSA) is 46.2 Å². The Hall–Kier alpha value is -10.0. The highest BCUT2D eigenvalue weighted by Gasteiger charge is 2.45. The Morgan fingerprint density at radius 2 is 0.636 bits per heavy atom. The van der Waals surface area contributed by atoms with Gasteiger partial charge in [0.25, 0.3) is 0 Å². The van der Waals surface area contributed by atoms with E-state index in [2.05, 4.69) is 35.0 Å². The summed E-state index contributed by atoms with van der Waals surface area (Å²) in [5.74, 6) is -29.9. The number of alkyl halides is 6. The molecule has 0 N–H and O–H groups in total. The van der Waals surface area contributed by atoms with E-state index in [9.17, 15) is 96.6 Å². The molecule has 10 aromatic rings. The fraction of sp³-hybridized carbons (Fsp3) is 0.277. The molecular weight excluding hydrogens is 1490 g/mol. The van der Waals surface area contributed by atoms with E-state index in [1.807, 2.05) is 24.3 Å². The molecule has 5 nitrogen and oxygen atoms in total. The first-order valence-electron chi connectivity index (χ1n) is 34.6. The predicted octanol–water partition coefficient (Wildman–Crippen LogP) is 26.2. The summed E-state index contributed by atoms with van der Waals surface area (Å²) >= 11 is 0. The van der Waals surface area contributed by atoms with E-state index in [4.69, 9.17) is 9.47 Å². The van der Waals surface area contributed by atoms with Gasteiger partial charge in [-0.1, -0.05) is 131 Å².